The summed E-state index contributed by atoms with van der Waals surface area (Å²) in [4.78, 5) is 31.1. The summed E-state index contributed by atoms with van der Waals surface area (Å²) in [7, 11) is 0. The van der Waals surface area contributed by atoms with E-state index in [1.807, 2.05) is 0 Å². The normalized spacial score (nSPS) is 17.2. The molecule has 0 saturated carbocycles. The van der Waals surface area contributed by atoms with Crippen LogP contribution in [0, 0.1) is 5.82 Å². The summed E-state index contributed by atoms with van der Waals surface area (Å²) in [5, 5.41) is 2.79. The van der Waals surface area contributed by atoms with Crippen molar-refractivity contribution in [1.82, 2.24) is 10.3 Å². The maximum atomic E-state index is 14.2. The zero-order valence-electron chi connectivity index (χ0n) is 18.3. The average Bonchev–Trinajstić information content (AvgIpc) is 2.79. The number of carbonyl (C=O) groups is 2. The number of hydrogen-bond donors (Lipinski definition) is 1. The van der Waals surface area contributed by atoms with Gasteiger partial charge in [0, 0.05) is 48.3 Å². The van der Waals surface area contributed by atoms with Gasteiger partial charge in [-0.25, -0.2) is 8.78 Å². The molecule has 13 heteroatoms. The van der Waals surface area contributed by atoms with Crippen LogP contribution in [0.25, 0.3) is 0 Å². The summed E-state index contributed by atoms with van der Waals surface area (Å²) in [5.41, 5.74) is -8.84. The number of anilines is 1. The van der Waals surface area contributed by atoms with Crippen LogP contribution in [0.5, 0.6) is 5.75 Å². The maximum absolute atomic E-state index is 14.2. The monoisotopic (exact) mass is 537 g/mol. The molecule has 0 radical (unpaired) electrons. The molecule has 1 aliphatic rings. The minimum atomic E-state index is -4.00. The van der Waals surface area contributed by atoms with Crippen molar-refractivity contribution < 1.29 is 36.6 Å². The number of benzene rings is 1. The van der Waals surface area contributed by atoms with E-state index in [4.69, 9.17) is 27.9 Å². The first-order valence-electron chi connectivity index (χ1n) is 10.4. The molecule has 0 spiro atoms. The van der Waals surface area contributed by atoms with Gasteiger partial charge in [-0.1, -0.05) is 11.6 Å². The molecule has 2 aromatic rings. The van der Waals surface area contributed by atoms with Crippen LogP contribution in [0.2, 0.25) is 0 Å². The van der Waals surface area contributed by atoms with Gasteiger partial charge in [0.05, 0.1) is 6.20 Å². The molecule has 2 atom stereocenters. The van der Waals surface area contributed by atoms with Crippen molar-refractivity contribution in [2.75, 3.05) is 18.1 Å². The Morgan fingerprint density at radius 2 is 1.86 bits per heavy atom. The van der Waals surface area contributed by atoms with Crippen LogP contribution < -0.4 is 15.0 Å². The van der Waals surface area contributed by atoms with Crippen molar-refractivity contribution in [1.29, 1.82) is 0 Å². The molecule has 7 nitrogen and oxygen atoms in total. The third kappa shape index (κ3) is 6.53. The van der Waals surface area contributed by atoms with Crippen LogP contribution in [0.1, 0.15) is 25.3 Å². The highest BCUT2D eigenvalue weighted by Crippen LogP contribution is 2.37. The van der Waals surface area contributed by atoms with Crippen LogP contribution in [-0.4, -0.2) is 47.3 Å². The van der Waals surface area contributed by atoms with Crippen molar-refractivity contribution >= 4 is 40.7 Å². The topological polar surface area (TPSA) is 80.8 Å². The van der Waals surface area contributed by atoms with Gasteiger partial charge in [-0.05, 0) is 50.1 Å². The predicted molar refractivity (Wildman–Crippen MR) is 120 cm³/mol. The third-order valence-electron chi connectivity index (χ3n) is 5.45. The Kier molecular flexibility index (Phi) is 8.45. The van der Waals surface area contributed by atoms with Crippen LogP contribution in [-0.2, 0) is 19.9 Å². The lowest BCUT2D eigenvalue weighted by molar-refractivity contribution is -0.132. The van der Waals surface area contributed by atoms with E-state index in [1.165, 1.54) is 6.92 Å². The van der Waals surface area contributed by atoms with Crippen molar-refractivity contribution in [2.45, 2.75) is 42.5 Å². The number of hydrogen-bond acceptors (Lipinski definition) is 5. The second-order valence-corrected chi connectivity index (χ2v) is 8.66. The van der Waals surface area contributed by atoms with E-state index in [0.29, 0.717) is 26.1 Å². The number of ether oxygens (including phenoxy) is 2. The van der Waals surface area contributed by atoms with Crippen LogP contribution in [0.4, 0.5) is 23.2 Å². The second kappa shape index (κ2) is 11.0. The maximum Gasteiger partial charge on any atom is 0.487 e. The summed E-state index contributed by atoms with van der Waals surface area (Å²) in [5.74, 6) is -3.30. The smallest absolute Gasteiger partial charge is 0.420 e. The molecular weight excluding hydrogens is 517 g/mol. The number of rotatable bonds is 8. The third-order valence-corrected chi connectivity index (χ3v) is 5.71. The van der Waals surface area contributed by atoms with Gasteiger partial charge in [0.1, 0.15) is 11.6 Å². The Morgan fingerprint density at radius 3 is 2.40 bits per heavy atom. The number of nitrogens with one attached hydrogen (secondary N) is 1. The summed E-state index contributed by atoms with van der Waals surface area (Å²) in [6, 6.07) is 4.98. The van der Waals surface area contributed by atoms with Crippen molar-refractivity contribution in [3.8, 4) is 5.75 Å². The number of amides is 2. The lowest BCUT2D eigenvalue weighted by Crippen LogP contribution is -2.60. The van der Waals surface area contributed by atoms with Gasteiger partial charge in [0.2, 0.25) is 0 Å². The van der Waals surface area contributed by atoms with E-state index >= 15 is 0 Å². The van der Waals surface area contributed by atoms with Gasteiger partial charge in [-0.2, -0.15) is 0 Å². The van der Waals surface area contributed by atoms with Gasteiger partial charge in [0.25, 0.3) is 17.4 Å². The van der Waals surface area contributed by atoms with Crippen molar-refractivity contribution in [3.05, 3.63) is 54.1 Å². The quantitative estimate of drug-likeness (QED) is 0.397. The molecule has 35 heavy (non-hydrogen) atoms. The number of halogens is 6. The van der Waals surface area contributed by atoms with Gasteiger partial charge in [0.15, 0.2) is 5.54 Å². The molecule has 1 N–H and O–H groups in total. The fourth-order valence-electron chi connectivity index (χ4n) is 3.71. The molecule has 2 amide bonds. The molecule has 2 heterocycles. The SMILES string of the molecule is C[C@@](C(=O)NC1CCOCC1)(c1cncc(F)c1)N(C(=O)[C@H](F)Cl)c1ccc(OC(F)(F)Cl)cc1. The highest BCUT2D eigenvalue weighted by atomic mass is 35.5. The Hall–Kier alpha value is -2.63. The Balaban J connectivity index is 2.11. The minimum absolute atomic E-state index is 0.0830. The van der Waals surface area contributed by atoms with Crippen LogP contribution in [0.3, 0.4) is 0 Å². The van der Waals surface area contributed by atoms with E-state index in [1.54, 1.807) is 0 Å². The summed E-state index contributed by atoms with van der Waals surface area (Å²) < 4.78 is 63.8. The minimum Gasteiger partial charge on any atom is -0.420 e. The standard InChI is InChI=1S/C22H21Cl2F4N3O4/c1-21(13-10-14(25)12-29-11-13,20(33)30-15-6-8-34-9-7-15)31(19(32)18(23)26)16-2-4-17(5-3-16)35-22(24,27)28/h2-5,10-12,15,18H,6-9H2,1H3,(H,30,33)/t18-,21-/m0/s1. The Labute approximate surface area is 208 Å². The lowest BCUT2D eigenvalue weighted by Gasteiger charge is -2.41. The molecule has 1 fully saturated rings. The zero-order valence-corrected chi connectivity index (χ0v) is 19.8. The number of carbonyl (C=O) groups excluding carboxylic acids is 2. The highest BCUT2D eigenvalue weighted by molar-refractivity contribution is 6.32. The van der Waals surface area contributed by atoms with Gasteiger partial charge >= 0.3 is 5.57 Å². The molecule has 1 aromatic carbocycles. The summed E-state index contributed by atoms with van der Waals surface area (Å²) in [6.07, 6.45) is 3.01. The first kappa shape index (κ1) is 27.0. The number of aromatic nitrogens is 1. The number of pyridine rings is 1. The first-order chi connectivity index (χ1) is 16.4. The van der Waals surface area contributed by atoms with E-state index in [9.17, 15) is 27.2 Å². The van der Waals surface area contributed by atoms with E-state index in [2.05, 4.69) is 15.0 Å². The highest BCUT2D eigenvalue weighted by Gasteiger charge is 2.47. The van der Waals surface area contributed by atoms with Gasteiger partial charge in [-0.3, -0.25) is 19.5 Å². The van der Waals surface area contributed by atoms with Crippen molar-refractivity contribution in [3.63, 3.8) is 0 Å². The zero-order chi connectivity index (χ0) is 25.8. The molecule has 0 unspecified atom stereocenters. The Bertz CT molecular complexity index is 1050. The molecule has 1 saturated heterocycles. The number of nitrogens with zero attached hydrogens (tertiary/aromatic N) is 2. The van der Waals surface area contributed by atoms with Gasteiger partial charge in [-0.15, -0.1) is 8.78 Å². The lowest BCUT2D eigenvalue weighted by atomic mass is 9.88. The molecule has 1 aliphatic heterocycles. The fourth-order valence-corrected chi connectivity index (χ4v) is 3.89. The average molecular weight is 538 g/mol. The van der Waals surface area contributed by atoms with Crippen LogP contribution in [0.15, 0.2) is 42.7 Å². The van der Waals surface area contributed by atoms with E-state index < -0.39 is 34.4 Å². The van der Waals surface area contributed by atoms with E-state index in [-0.39, 0.29) is 23.0 Å². The predicted octanol–water partition coefficient (Wildman–Crippen LogP) is 4.47. The summed E-state index contributed by atoms with van der Waals surface area (Å²) >= 11 is 10.2. The van der Waals surface area contributed by atoms with Gasteiger partial charge < -0.3 is 14.8 Å². The molecule has 0 bridgehead atoms. The molecule has 190 valence electrons. The molecule has 1 aromatic heterocycles. The first-order valence-corrected chi connectivity index (χ1v) is 11.2. The fraction of sp³-hybridized carbons (Fsp3) is 0.409. The Morgan fingerprint density at radius 1 is 1.23 bits per heavy atom. The van der Waals surface area contributed by atoms with Crippen molar-refractivity contribution in [2.24, 2.45) is 0 Å². The second-order valence-electron chi connectivity index (χ2n) is 7.84. The summed E-state index contributed by atoms with van der Waals surface area (Å²) in [6.45, 7) is 2.06. The van der Waals surface area contributed by atoms with E-state index in [0.717, 1.165) is 47.6 Å². The number of alkyl halides is 5. The van der Waals surface area contributed by atoms with Crippen LogP contribution >= 0.6 is 23.2 Å². The molecule has 3 rings (SSSR count). The largest absolute Gasteiger partial charge is 0.487 e. The molecular formula is C22H21Cl2F4N3O4. The molecule has 0 aliphatic carbocycles.